The SMILES string of the molecule is CCOC(=O)CC1CN=C(c2cc3cc(OCCOC)cc(N)c3[nH]2)S1. The number of carbonyl (C=O) groups excluding carboxylic acids is 1. The van der Waals surface area contributed by atoms with Gasteiger partial charge in [0.05, 0.1) is 43.1 Å². The number of rotatable bonds is 8. The Kier molecular flexibility index (Phi) is 6.05. The molecule has 0 saturated carbocycles. The van der Waals surface area contributed by atoms with Crippen LogP contribution in [0.2, 0.25) is 0 Å². The van der Waals surface area contributed by atoms with Gasteiger partial charge in [0.25, 0.3) is 0 Å². The summed E-state index contributed by atoms with van der Waals surface area (Å²) in [5.74, 6) is 0.527. The van der Waals surface area contributed by atoms with Crippen molar-refractivity contribution in [2.45, 2.75) is 18.6 Å². The molecule has 2 heterocycles. The molecule has 1 aliphatic rings. The Balaban J connectivity index is 1.71. The van der Waals surface area contributed by atoms with E-state index in [1.165, 1.54) is 0 Å². The summed E-state index contributed by atoms with van der Waals surface area (Å²) < 4.78 is 15.7. The third kappa shape index (κ3) is 4.31. The summed E-state index contributed by atoms with van der Waals surface area (Å²) in [6, 6.07) is 5.75. The summed E-state index contributed by atoms with van der Waals surface area (Å²) in [7, 11) is 1.63. The van der Waals surface area contributed by atoms with Crippen molar-refractivity contribution in [3.8, 4) is 5.75 Å². The number of anilines is 1. The average Bonchev–Trinajstić information content (AvgIpc) is 3.22. The van der Waals surface area contributed by atoms with Crippen molar-refractivity contribution in [3.63, 3.8) is 0 Å². The molecule has 0 radical (unpaired) electrons. The topological polar surface area (TPSA) is 98.9 Å². The van der Waals surface area contributed by atoms with Crippen LogP contribution in [0.1, 0.15) is 19.0 Å². The Bertz CT molecular complexity index is 818. The van der Waals surface area contributed by atoms with Crippen LogP contribution in [0.25, 0.3) is 10.9 Å². The number of methoxy groups -OCH3 is 1. The van der Waals surface area contributed by atoms with E-state index < -0.39 is 0 Å². The summed E-state index contributed by atoms with van der Waals surface area (Å²) >= 11 is 1.59. The second-order valence-corrected chi connectivity index (χ2v) is 7.18. The molecule has 1 aromatic carbocycles. The number of hydrogen-bond acceptors (Lipinski definition) is 7. The standard InChI is InChI=1S/C18H23N3O4S/c1-3-24-16(22)9-13-10-20-18(26-13)15-7-11-6-12(25-5-4-23-2)8-14(19)17(11)21-15/h6-8,13,21H,3-5,9-10,19H2,1-2H3. The summed E-state index contributed by atoms with van der Waals surface area (Å²) in [6.07, 6.45) is 0.366. The van der Waals surface area contributed by atoms with Crippen LogP contribution in [0.5, 0.6) is 5.75 Å². The number of ether oxygens (including phenoxy) is 3. The van der Waals surface area contributed by atoms with Gasteiger partial charge in [-0.25, -0.2) is 0 Å². The third-order valence-corrected chi connectivity index (χ3v) is 5.16. The lowest BCUT2D eigenvalue weighted by molar-refractivity contribution is -0.143. The molecule has 1 aliphatic heterocycles. The molecule has 0 aliphatic carbocycles. The van der Waals surface area contributed by atoms with E-state index in [-0.39, 0.29) is 11.2 Å². The first-order chi connectivity index (χ1) is 12.6. The first-order valence-corrected chi connectivity index (χ1v) is 9.39. The Morgan fingerprint density at radius 1 is 1.38 bits per heavy atom. The fourth-order valence-electron chi connectivity index (χ4n) is 2.76. The number of nitrogens with two attached hydrogens (primary N) is 1. The zero-order chi connectivity index (χ0) is 18.5. The van der Waals surface area contributed by atoms with Crippen molar-refractivity contribution in [1.29, 1.82) is 0 Å². The van der Waals surface area contributed by atoms with E-state index in [0.717, 1.165) is 21.6 Å². The Morgan fingerprint density at radius 2 is 2.23 bits per heavy atom. The third-order valence-electron chi connectivity index (χ3n) is 3.94. The number of aliphatic imine (C=N–C) groups is 1. The monoisotopic (exact) mass is 377 g/mol. The van der Waals surface area contributed by atoms with Crippen LogP contribution in [0.15, 0.2) is 23.2 Å². The van der Waals surface area contributed by atoms with Crippen LogP contribution in [-0.4, -0.2) is 54.7 Å². The molecule has 1 unspecified atom stereocenters. The van der Waals surface area contributed by atoms with E-state index in [2.05, 4.69) is 9.98 Å². The molecule has 8 heteroatoms. The molecule has 3 rings (SSSR count). The first-order valence-electron chi connectivity index (χ1n) is 8.51. The molecule has 0 spiro atoms. The number of benzene rings is 1. The maximum atomic E-state index is 11.6. The minimum Gasteiger partial charge on any atom is -0.491 e. The highest BCUT2D eigenvalue weighted by molar-refractivity contribution is 8.15. The number of hydrogen-bond donors (Lipinski definition) is 2. The van der Waals surface area contributed by atoms with Gasteiger partial charge in [-0.15, -0.1) is 0 Å². The Hall–Kier alpha value is -2.19. The quantitative estimate of drug-likeness (QED) is 0.417. The number of esters is 1. The molecule has 140 valence electrons. The number of aromatic amines is 1. The Morgan fingerprint density at radius 3 is 3.00 bits per heavy atom. The highest BCUT2D eigenvalue weighted by Gasteiger charge is 2.25. The highest BCUT2D eigenvalue weighted by atomic mass is 32.2. The molecule has 0 saturated heterocycles. The number of nitrogen functional groups attached to an aromatic ring is 1. The number of aromatic nitrogens is 1. The van der Waals surface area contributed by atoms with Crippen molar-refractivity contribution >= 4 is 39.4 Å². The molecule has 7 nitrogen and oxygen atoms in total. The van der Waals surface area contributed by atoms with Gasteiger partial charge in [0.1, 0.15) is 17.4 Å². The smallest absolute Gasteiger partial charge is 0.306 e. The molecule has 0 bridgehead atoms. The van der Waals surface area contributed by atoms with Gasteiger partial charge in [-0.2, -0.15) is 0 Å². The molecule has 2 aromatic rings. The lowest BCUT2D eigenvalue weighted by Crippen LogP contribution is -2.14. The van der Waals surface area contributed by atoms with Crippen molar-refractivity contribution in [2.24, 2.45) is 4.99 Å². The average molecular weight is 377 g/mol. The molecule has 3 N–H and O–H groups in total. The predicted molar refractivity (Wildman–Crippen MR) is 104 cm³/mol. The number of thioether (sulfide) groups is 1. The first kappa shape index (κ1) is 18.6. The lowest BCUT2D eigenvalue weighted by atomic mass is 10.2. The number of carbonyl (C=O) groups is 1. The van der Waals surface area contributed by atoms with Gasteiger partial charge in [-0.1, -0.05) is 11.8 Å². The molecule has 0 fully saturated rings. The minimum absolute atomic E-state index is 0.112. The summed E-state index contributed by atoms with van der Waals surface area (Å²) in [5.41, 5.74) is 8.53. The zero-order valence-electron chi connectivity index (χ0n) is 14.9. The van der Waals surface area contributed by atoms with Gasteiger partial charge >= 0.3 is 5.97 Å². The fourth-order valence-corrected chi connectivity index (χ4v) is 3.83. The van der Waals surface area contributed by atoms with Crippen LogP contribution in [0.3, 0.4) is 0 Å². The maximum absolute atomic E-state index is 11.6. The lowest BCUT2D eigenvalue weighted by Gasteiger charge is -2.07. The second kappa shape index (κ2) is 8.46. The van der Waals surface area contributed by atoms with Crippen LogP contribution in [-0.2, 0) is 14.3 Å². The summed E-state index contributed by atoms with van der Waals surface area (Å²) in [6.45, 7) is 3.81. The van der Waals surface area contributed by atoms with Gasteiger partial charge in [0, 0.05) is 23.8 Å². The van der Waals surface area contributed by atoms with E-state index in [1.54, 1.807) is 24.9 Å². The van der Waals surface area contributed by atoms with Crippen LogP contribution in [0, 0.1) is 0 Å². The van der Waals surface area contributed by atoms with Crippen molar-refractivity contribution in [1.82, 2.24) is 4.98 Å². The summed E-state index contributed by atoms with van der Waals surface area (Å²) in [4.78, 5) is 19.5. The minimum atomic E-state index is -0.180. The van der Waals surface area contributed by atoms with Gasteiger partial charge in [-0.05, 0) is 19.1 Å². The van der Waals surface area contributed by atoms with Crippen LogP contribution >= 0.6 is 11.8 Å². The van der Waals surface area contributed by atoms with Gasteiger partial charge in [0.15, 0.2) is 0 Å². The number of fused-ring (bicyclic) bond motifs is 1. The van der Waals surface area contributed by atoms with Crippen molar-refractivity contribution < 1.29 is 19.0 Å². The second-order valence-electron chi connectivity index (χ2n) is 5.90. The number of H-pyrrole nitrogens is 1. The Labute approximate surface area is 156 Å². The van der Waals surface area contributed by atoms with E-state index >= 15 is 0 Å². The van der Waals surface area contributed by atoms with Crippen LogP contribution in [0.4, 0.5) is 5.69 Å². The maximum Gasteiger partial charge on any atom is 0.306 e. The van der Waals surface area contributed by atoms with Crippen molar-refractivity contribution in [2.75, 3.05) is 39.2 Å². The van der Waals surface area contributed by atoms with Crippen molar-refractivity contribution in [3.05, 3.63) is 23.9 Å². The molecule has 1 aromatic heterocycles. The van der Waals surface area contributed by atoms with Crippen LogP contribution < -0.4 is 10.5 Å². The number of nitrogens with one attached hydrogen (secondary N) is 1. The molecular formula is C18H23N3O4S. The summed E-state index contributed by atoms with van der Waals surface area (Å²) in [5, 5.41) is 1.96. The van der Waals surface area contributed by atoms with Gasteiger partial charge in [-0.3, -0.25) is 9.79 Å². The van der Waals surface area contributed by atoms with E-state index in [9.17, 15) is 4.79 Å². The fraction of sp³-hybridized carbons (Fsp3) is 0.444. The van der Waals surface area contributed by atoms with E-state index in [1.807, 2.05) is 19.1 Å². The van der Waals surface area contributed by atoms with E-state index in [0.29, 0.717) is 44.2 Å². The van der Waals surface area contributed by atoms with Gasteiger partial charge in [0.2, 0.25) is 0 Å². The molecule has 1 atom stereocenters. The number of nitrogens with zero attached hydrogens (tertiary/aromatic N) is 1. The largest absolute Gasteiger partial charge is 0.491 e. The molecule has 26 heavy (non-hydrogen) atoms. The molecule has 0 amide bonds. The molecular weight excluding hydrogens is 354 g/mol. The van der Waals surface area contributed by atoms with Gasteiger partial charge < -0.3 is 24.9 Å². The van der Waals surface area contributed by atoms with E-state index in [4.69, 9.17) is 19.9 Å². The zero-order valence-corrected chi connectivity index (χ0v) is 15.7. The highest BCUT2D eigenvalue weighted by Crippen LogP contribution is 2.32. The predicted octanol–water partition coefficient (Wildman–Crippen LogP) is 2.59. The normalized spacial score (nSPS) is 16.7.